The standard InChI is InChI=1S/C14H18N2O7P2/c1-23-12-7-5-11(6-8-12)10-16(13-4-2-3-9-15-13)14(24(17,18)19)25(20,21)22/h2-9,14H,10H2,1H3,(H2,17,18,19)(H2,20,21,22). The highest BCUT2D eigenvalue weighted by atomic mass is 31.2. The molecule has 2 aromatic rings. The van der Waals surface area contributed by atoms with Gasteiger partial charge in [-0.3, -0.25) is 9.13 Å². The first-order valence-electron chi connectivity index (χ1n) is 7.04. The van der Waals surface area contributed by atoms with Crippen LogP contribution in [0, 0.1) is 0 Å². The Morgan fingerprint density at radius 1 is 1.04 bits per heavy atom. The molecule has 0 amide bonds. The molecule has 0 aliphatic carbocycles. The van der Waals surface area contributed by atoms with Gasteiger partial charge < -0.3 is 29.2 Å². The van der Waals surface area contributed by atoms with Gasteiger partial charge in [0.15, 0.2) is 0 Å². The Balaban J connectivity index is 2.49. The van der Waals surface area contributed by atoms with E-state index in [0.29, 0.717) is 11.3 Å². The average Bonchev–Trinajstić information content (AvgIpc) is 2.53. The maximum absolute atomic E-state index is 11.8. The van der Waals surface area contributed by atoms with Gasteiger partial charge >= 0.3 is 15.2 Å². The predicted molar refractivity (Wildman–Crippen MR) is 91.3 cm³/mol. The number of hydrogen-bond acceptors (Lipinski definition) is 5. The van der Waals surface area contributed by atoms with Gasteiger partial charge in [0.05, 0.1) is 7.11 Å². The van der Waals surface area contributed by atoms with Crippen molar-refractivity contribution in [3.63, 3.8) is 0 Å². The minimum Gasteiger partial charge on any atom is -0.497 e. The molecule has 0 saturated heterocycles. The molecule has 0 saturated carbocycles. The number of aromatic nitrogens is 1. The SMILES string of the molecule is COc1ccc(CN(c2ccccn2)C(P(=O)(O)O)P(=O)(O)O)cc1. The number of hydrogen-bond donors (Lipinski definition) is 4. The van der Waals surface area contributed by atoms with Crippen LogP contribution in [0.3, 0.4) is 0 Å². The number of pyridine rings is 1. The zero-order valence-electron chi connectivity index (χ0n) is 13.2. The lowest BCUT2D eigenvalue weighted by Crippen LogP contribution is -2.35. The fourth-order valence-electron chi connectivity index (χ4n) is 2.29. The molecule has 4 N–H and O–H groups in total. The maximum Gasteiger partial charge on any atom is 0.360 e. The molecule has 0 atom stereocenters. The summed E-state index contributed by atoms with van der Waals surface area (Å²) in [6.45, 7) is -0.165. The summed E-state index contributed by atoms with van der Waals surface area (Å²) in [7, 11) is -8.85. The molecule has 136 valence electrons. The van der Waals surface area contributed by atoms with E-state index in [1.54, 1.807) is 36.4 Å². The Bertz CT molecular complexity index is 767. The number of anilines is 1. The van der Waals surface area contributed by atoms with Gasteiger partial charge in [-0.25, -0.2) is 4.98 Å². The van der Waals surface area contributed by atoms with Crippen LogP contribution in [0.1, 0.15) is 5.56 Å². The van der Waals surface area contributed by atoms with E-state index in [1.807, 2.05) is 0 Å². The number of nitrogens with zero attached hydrogens (tertiary/aromatic N) is 2. The third kappa shape index (κ3) is 5.12. The van der Waals surface area contributed by atoms with Crippen molar-refractivity contribution in [3.8, 4) is 5.75 Å². The molecule has 0 fully saturated rings. The summed E-state index contributed by atoms with van der Waals surface area (Å²) in [5, 5.41) is 0. The zero-order chi connectivity index (χ0) is 18.7. The van der Waals surface area contributed by atoms with Crippen molar-refractivity contribution in [2.45, 2.75) is 12.1 Å². The highest BCUT2D eigenvalue weighted by Crippen LogP contribution is 2.61. The van der Waals surface area contributed by atoms with Crippen LogP contribution in [-0.4, -0.2) is 37.2 Å². The summed E-state index contributed by atoms with van der Waals surface area (Å²) in [6, 6.07) is 11.1. The van der Waals surface area contributed by atoms with Gasteiger partial charge in [-0.2, -0.15) is 0 Å². The minimum atomic E-state index is -5.17. The van der Waals surface area contributed by atoms with Gasteiger partial charge in [-0.1, -0.05) is 18.2 Å². The van der Waals surface area contributed by atoms with Gasteiger partial charge in [0.1, 0.15) is 11.6 Å². The molecule has 0 spiro atoms. The summed E-state index contributed by atoms with van der Waals surface area (Å²) in [5.74, 6) is 0.615. The van der Waals surface area contributed by atoms with E-state index >= 15 is 0 Å². The normalized spacial score (nSPS) is 12.2. The van der Waals surface area contributed by atoms with Crippen molar-refractivity contribution in [1.29, 1.82) is 0 Å². The van der Waals surface area contributed by atoms with Gasteiger partial charge in [0, 0.05) is 12.7 Å². The van der Waals surface area contributed by atoms with Crippen LogP contribution in [-0.2, 0) is 15.7 Å². The van der Waals surface area contributed by atoms with E-state index in [0.717, 1.165) is 4.90 Å². The smallest absolute Gasteiger partial charge is 0.360 e. The molecular formula is C14H18N2O7P2. The second-order valence-corrected chi connectivity index (χ2v) is 8.93. The van der Waals surface area contributed by atoms with Crippen molar-refractivity contribution in [2.75, 3.05) is 12.0 Å². The van der Waals surface area contributed by atoms with E-state index in [9.17, 15) is 28.7 Å². The van der Waals surface area contributed by atoms with Crippen molar-refractivity contribution in [3.05, 3.63) is 54.2 Å². The lowest BCUT2D eigenvalue weighted by atomic mass is 10.2. The Labute approximate surface area is 144 Å². The third-order valence-corrected chi connectivity index (χ3v) is 6.90. The first-order valence-corrected chi connectivity index (χ1v) is 10.4. The molecular weight excluding hydrogens is 370 g/mol. The highest BCUT2D eigenvalue weighted by molar-refractivity contribution is 7.71. The Hall–Kier alpha value is -1.73. The monoisotopic (exact) mass is 388 g/mol. The highest BCUT2D eigenvalue weighted by Gasteiger charge is 2.48. The quantitative estimate of drug-likeness (QED) is 0.522. The van der Waals surface area contributed by atoms with Crippen LogP contribution in [0.4, 0.5) is 5.82 Å². The van der Waals surface area contributed by atoms with Crippen molar-refractivity contribution in [1.82, 2.24) is 4.98 Å². The van der Waals surface area contributed by atoms with Gasteiger partial charge in [0.2, 0.25) is 5.52 Å². The molecule has 1 aromatic carbocycles. The van der Waals surface area contributed by atoms with Gasteiger partial charge in [0.25, 0.3) is 0 Å². The molecule has 0 aliphatic rings. The Kier molecular flexibility index (Phi) is 6.00. The first-order chi connectivity index (χ1) is 11.6. The molecule has 1 aromatic heterocycles. The average molecular weight is 388 g/mol. The molecule has 11 heteroatoms. The third-order valence-electron chi connectivity index (χ3n) is 3.34. The van der Waals surface area contributed by atoms with E-state index in [2.05, 4.69) is 4.98 Å². The fraction of sp³-hybridized carbons (Fsp3) is 0.214. The molecule has 1 heterocycles. The van der Waals surface area contributed by atoms with E-state index in [4.69, 9.17) is 4.74 Å². The lowest BCUT2D eigenvalue weighted by Gasteiger charge is -2.33. The molecule has 2 rings (SSSR count). The van der Waals surface area contributed by atoms with Crippen LogP contribution in [0.2, 0.25) is 0 Å². The van der Waals surface area contributed by atoms with E-state index in [1.165, 1.54) is 19.4 Å². The summed E-state index contributed by atoms with van der Waals surface area (Å²) in [6.07, 6.45) is 1.37. The Morgan fingerprint density at radius 3 is 2.08 bits per heavy atom. The molecule has 0 radical (unpaired) electrons. The van der Waals surface area contributed by atoms with Crippen LogP contribution >= 0.6 is 15.2 Å². The van der Waals surface area contributed by atoms with Crippen molar-refractivity contribution >= 4 is 21.0 Å². The second kappa shape index (κ2) is 7.66. The summed E-state index contributed by atoms with van der Waals surface area (Å²) in [4.78, 5) is 43.0. The predicted octanol–water partition coefficient (Wildman–Crippen LogP) is 1.74. The van der Waals surface area contributed by atoms with Crippen LogP contribution in [0.5, 0.6) is 5.75 Å². The zero-order valence-corrected chi connectivity index (χ0v) is 15.0. The van der Waals surface area contributed by atoms with Crippen molar-refractivity contribution in [2.24, 2.45) is 0 Å². The Morgan fingerprint density at radius 2 is 1.64 bits per heavy atom. The van der Waals surface area contributed by atoms with E-state index in [-0.39, 0.29) is 12.4 Å². The lowest BCUT2D eigenvalue weighted by molar-refractivity contribution is 0.335. The molecule has 9 nitrogen and oxygen atoms in total. The largest absolute Gasteiger partial charge is 0.497 e. The molecule has 0 unspecified atom stereocenters. The minimum absolute atomic E-state index is 0.0370. The second-order valence-electron chi connectivity index (χ2n) is 5.19. The topological polar surface area (TPSA) is 140 Å². The van der Waals surface area contributed by atoms with Gasteiger partial charge in [-0.15, -0.1) is 0 Å². The molecule has 0 aliphatic heterocycles. The van der Waals surface area contributed by atoms with Crippen LogP contribution in [0.15, 0.2) is 48.7 Å². The summed E-state index contributed by atoms with van der Waals surface area (Å²) in [5.41, 5.74) is -1.77. The maximum atomic E-state index is 11.8. The summed E-state index contributed by atoms with van der Waals surface area (Å²) >= 11 is 0. The molecule has 0 bridgehead atoms. The molecule has 25 heavy (non-hydrogen) atoms. The van der Waals surface area contributed by atoms with E-state index < -0.39 is 20.7 Å². The van der Waals surface area contributed by atoms with Crippen LogP contribution in [0.25, 0.3) is 0 Å². The number of rotatable bonds is 7. The number of benzene rings is 1. The first kappa shape index (κ1) is 19.6. The summed E-state index contributed by atoms with van der Waals surface area (Å²) < 4.78 is 28.6. The number of methoxy groups -OCH3 is 1. The fourth-order valence-corrected chi connectivity index (χ4v) is 4.99. The van der Waals surface area contributed by atoms with Crippen molar-refractivity contribution < 1.29 is 33.4 Å². The van der Waals surface area contributed by atoms with Gasteiger partial charge in [-0.05, 0) is 29.8 Å². The number of ether oxygens (including phenoxy) is 1. The van der Waals surface area contributed by atoms with Crippen LogP contribution < -0.4 is 9.64 Å².